The van der Waals surface area contributed by atoms with Gasteiger partial charge in [-0.1, -0.05) is 11.6 Å². The van der Waals surface area contributed by atoms with Crippen molar-refractivity contribution < 1.29 is 17.9 Å². The van der Waals surface area contributed by atoms with Gasteiger partial charge < -0.3 is 4.74 Å². The maximum absolute atomic E-state index is 11.5. The summed E-state index contributed by atoms with van der Waals surface area (Å²) in [5.74, 6) is 0.293. The number of carbonyl (C=O) groups excluding carboxylic acids is 1. The number of fused-ring (bicyclic) bond motifs is 1. The molecule has 0 aromatic heterocycles. The van der Waals surface area contributed by atoms with E-state index in [9.17, 15) is 13.2 Å². The van der Waals surface area contributed by atoms with Crippen LogP contribution >= 0.6 is 22.4 Å². The standard InChI is InChI=1S/C8H5ClO4S2/c1-13-6-2-4-7(3-5(6)9)15(11,12)14-8(4)10/h2-3H,1H3. The third-order valence-corrected chi connectivity index (χ3v) is 5.34. The van der Waals surface area contributed by atoms with Crippen LogP contribution in [0.4, 0.5) is 0 Å². The normalized spacial score (nSPS) is 17.6. The molecule has 1 aromatic carbocycles. The van der Waals surface area contributed by atoms with E-state index in [0.717, 1.165) is 0 Å². The van der Waals surface area contributed by atoms with Crippen LogP contribution in [-0.2, 0) is 8.87 Å². The Balaban J connectivity index is 2.76. The van der Waals surface area contributed by atoms with Gasteiger partial charge in [-0.15, -0.1) is 0 Å². The summed E-state index contributed by atoms with van der Waals surface area (Å²) < 4.78 is 27.8. The third-order valence-electron chi connectivity index (χ3n) is 1.93. The van der Waals surface area contributed by atoms with Gasteiger partial charge in [0.05, 0.1) is 33.4 Å². The molecular formula is C8H5ClO4S2. The molecule has 15 heavy (non-hydrogen) atoms. The molecule has 7 heteroatoms. The Morgan fingerprint density at radius 3 is 2.67 bits per heavy atom. The predicted octanol–water partition coefficient (Wildman–Crippen LogP) is 1.92. The highest BCUT2D eigenvalue weighted by atomic mass is 35.5. The molecule has 1 aromatic rings. The first-order valence-corrected chi connectivity index (χ1v) is 7.01. The molecule has 0 amide bonds. The number of hydrogen-bond acceptors (Lipinski definition) is 5. The largest absolute Gasteiger partial charge is 0.495 e. The number of hydrogen-bond donors (Lipinski definition) is 0. The molecule has 0 N–H and O–H groups in total. The van der Waals surface area contributed by atoms with E-state index in [1.807, 2.05) is 0 Å². The summed E-state index contributed by atoms with van der Waals surface area (Å²) in [6, 6.07) is 2.58. The number of ether oxygens (including phenoxy) is 1. The second-order valence-corrected chi connectivity index (χ2v) is 6.92. The van der Waals surface area contributed by atoms with E-state index in [4.69, 9.17) is 16.3 Å². The van der Waals surface area contributed by atoms with Crippen LogP contribution in [0.1, 0.15) is 10.4 Å². The molecule has 1 aliphatic rings. The molecule has 80 valence electrons. The van der Waals surface area contributed by atoms with Gasteiger partial charge in [-0.05, 0) is 12.1 Å². The fourth-order valence-corrected chi connectivity index (χ4v) is 4.40. The van der Waals surface area contributed by atoms with Crippen LogP contribution in [-0.4, -0.2) is 20.6 Å². The van der Waals surface area contributed by atoms with Crippen LogP contribution in [0.25, 0.3) is 0 Å². The molecule has 0 fully saturated rings. The molecule has 0 aliphatic carbocycles. The van der Waals surface area contributed by atoms with Gasteiger partial charge in [0.15, 0.2) is 0 Å². The fraction of sp³-hybridized carbons (Fsp3) is 0.125. The second-order valence-electron chi connectivity index (χ2n) is 2.81. The summed E-state index contributed by atoms with van der Waals surface area (Å²) in [6.45, 7) is 0. The number of halogens is 1. The van der Waals surface area contributed by atoms with Crippen molar-refractivity contribution in [2.75, 3.05) is 7.11 Å². The van der Waals surface area contributed by atoms with Crippen molar-refractivity contribution >= 4 is 36.4 Å². The fourth-order valence-electron chi connectivity index (χ4n) is 1.25. The summed E-state index contributed by atoms with van der Waals surface area (Å²) in [5.41, 5.74) is 0.126. The van der Waals surface area contributed by atoms with Gasteiger partial charge in [0.1, 0.15) is 5.75 Å². The number of carbonyl (C=O) groups is 1. The Bertz CT molecular complexity index is 550. The van der Waals surface area contributed by atoms with Crippen molar-refractivity contribution in [1.82, 2.24) is 0 Å². The zero-order chi connectivity index (χ0) is 11.2. The Kier molecular flexibility index (Phi) is 2.44. The van der Waals surface area contributed by atoms with Gasteiger partial charge in [-0.2, -0.15) is 0 Å². The van der Waals surface area contributed by atoms with Crippen molar-refractivity contribution in [2.24, 2.45) is 0 Å². The highest BCUT2D eigenvalue weighted by molar-refractivity contribution is 8.78. The SMILES string of the molecule is COc1cc2c(cc1Cl)S(=O)(=O)SC2=O. The van der Waals surface area contributed by atoms with E-state index in [-0.39, 0.29) is 15.5 Å². The molecule has 0 saturated heterocycles. The van der Waals surface area contributed by atoms with Crippen molar-refractivity contribution in [3.8, 4) is 5.75 Å². The summed E-state index contributed by atoms with van der Waals surface area (Å²) >= 11 is 5.77. The lowest BCUT2D eigenvalue weighted by Gasteiger charge is -2.03. The third kappa shape index (κ3) is 1.62. The second kappa shape index (κ2) is 3.40. The maximum Gasteiger partial charge on any atom is 0.238 e. The monoisotopic (exact) mass is 264 g/mol. The molecule has 1 aliphatic heterocycles. The van der Waals surface area contributed by atoms with Crippen molar-refractivity contribution in [3.63, 3.8) is 0 Å². The van der Waals surface area contributed by atoms with E-state index >= 15 is 0 Å². The minimum Gasteiger partial charge on any atom is -0.495 e. The van der Waals surface area contributed by atoms with Gasteiger partial charge in [-0.3, -0.25) is 4.79 Å². The topological polar surface area (TPSA) is 60.4 Å². The lowest BCUT2D eigenvalue weighted by molar-refractivity contribution is 0.108. The average molecular weight is 265 g/mol. The molecule has 2 rings (SSSR count). The zero-order valence-corrected chi connectivity index (χ0v) is 9.87. The van der Waals surface area contributed by atoms with E-state index in [1.165, 1.54) is 19.2 Å². The van der Waals surface area contributed by atoms with Gasteiger partial charge >= 0.3 is 0 Å². The van der Waals surface area contributed by atoms with Gasteiger partial charge in [-0.25, -0.2) is 8.42 Å². The van der Waals surface area contributed by atoms with E-state index in [0.29, 0.717) is 16.5 Å². The molecule has 0 atom stereocenters. The molecular weight excluding hydrogens is 260 g/mol. The highest BCUT2D eigenvalue weighted by Crippen LogP contribution is 2.42. The lowest BCUT2D eigenvalue weighted by Crippen LogP contribution is -1.93. The van der Waals surface area contributed by atoms with Crippen LogP contribution in [0.3, 0.4) is 0 Å². The van der Waals surface area contributed by atoms with Crippen LogP contribution in [0, 0.1) is 0 Å². The number of methoxy groups -OCH3 is 1. The first kappa shape index (κ1) is 10.8. The summed E-state index contributed by atoms with van der Waals surface area (Å²) in [4.78, 5) is 11.3. The average Bonchev–Trinajstić information content (AvgIpc) is 2.36. The molecule has 0 radical (unpaired) electrons. The maximum atomic E-state index is 11.5. The zero-order valence-electron chi connectivity index (χ0n) is 7.48. The smallest absolute Gasteiger partial charge is 0.238 e. The molecule has 0 bridgehead atoms. The van der Waals surface area contributed by atoms with E-state index in [2.05, 4.69) is 0 Å². The summed E-state index contributed by atoms with van der Waals surface area (Å²) in [5, 5.41) is -0.324. The van der Waals surface area contributed by atoms with Crippen molar-refractivity contribution in [1.29, 1.82) is 0 Å². The van der Waals surface area contributed by atoms with Gasteiger partial charge in [0.2, 0.25) is 14.0 Å². The first-order chi connectivity index (χ1) is 6.95. The Morgan fingerprint density at radius 2 is 2.07 bits per heavy atom. The minimum absolute atomic E-state index is 0.0386. The number of benzene rings is 1. The number of rotatable bonds is 1. The lowest BCUT2D eigenvalue weighted by atomic mass is 10.2. The molecule has 0 spiro atoms. The first-order valence-electron chi connectivity index (χ1n) is 3.82. The Labute approximate surface area is 94.9 Å². The molecule has 1 heterocycles. The molecule has 0 unspecified atom stereocenters. The summed E-state index contributed by atoms with van der Waals surface area (Å²) in [6.07, 6.45) is 0. The summed E-state index contributed by atoms with van der Waals surface area (Å²) in [7, 11) is -1.88. The van der Waals surface area contributed by atoms with E-state index < -0.39 is 14.0 Å². The quantitative estimate of drug-likeness (QED) is 0.726. The highest BCUT2D eigenvalue weighted by Gasteiger charge is 2.35. The van der Waals surface area contributed by atoms with Crippen LogP contribution < -0.4 is 4.74 Å². The van der Waals surface area contributed by atoms with Crippen LogP contribution in [0.2, 0.25) is 5.02 Å². The van der Waals surface area contributed by atoms with Gasteiger partial charge in [0.25, 0.3) is 0 Å². The molecule has 4 nitrogen and oxygen atoms in total. The Morgan fingerprint density at radius 1 is 1.40 bits per heavy atom. The van der Waals surface area contributed by atoms with Crippen LogP contribution in [0.15, 0.2) is 17.0 Å². The van der Waals surface area contributed by atoms with Gasteiger partial charge in [0, 0.05) is 0 Å². The van der Waals surface area contributed by atoms with E-state index in [1.54, 1.807) is 0 Å². The Hall–Kier alpha value is -0.720. The predicted molar refractivity (Wildman–Crippen MR) is 57.1 cm³/mol. The van der Waals surface area contributed by atoms with Crippen molar-refractivity contribution in [3.05, 3.63) is 22.7 Å². The molecule has 0 saturated carbocycles. The van der Waals surface area contributed by atoms with Crippen molar-refractivity contribution in [2.45, 2.75) is 4.90 Å². The minimum atomic E-state index is -3.58. The van der Waals surface area contributed by atoms with Crippen LogP contribution in [0.5, 0.6) is 5.75 Å².